The highest BCUT2D eigenvalue weighted by Gasteiger charge is 2.27. The first-order chi connectivity index (χ1) is 9.77. The summed E-state index contributed by atoms with van der Waals surface area (Å²) in [5.41, 5.74) is 0. The molecule has 1 aromatic rings. The summed E-state index contributed by atoms with van der Waals surface area (Å²) in [6, 6.07) is 2.01. The van der Waals surface area contributed by atoms with E-state index in [1.54, 1.807) is 11.4 Å². The highest BCUT2D eigenvalue weighted by Crippen LogP contribution is 2.16. The van der Waals surface area contributed by atoms with Crippen molar-refractivity contribution in [1.29, 1.82) is 0 Å². The fraction of sp³-hybridized carbons (Fsp3) is 0.500. The van der Waals surface area contributed by atoms with Crippen LogP contribution in [0, 0.1) is 0 Å². The molecule has 118 valence electrons. The Bertz CT molecular complexity index is 583. The summed E-state index contributed by atoms with van der Waals surface area (Å²) in [5.74, 6) is -1.69. The van der Waals surface area contributed by atoms with Crippen LogP contribution in [0.5, 0.6) is 0 Å². The predicted octanol–water partition coefficient (Wildman–Crippen LogP) is 0.738. The number of aliphatic carboxylic acids is 1. The van der Waals surface area contributed by atoms with Gasteiger partial charge in [-0.05, 0) is 24.8 Å². The van der Waals surface area contributed by atoms with E-state index in [1.165, 1.54) is 13.0 Å². The monoisotopic (exact) mass is 334 g/mol. The molecule has 9 heteroatoms. The molecule has 1 unspecified atom stereocenters. The van der Waals surface area contributed by atoms with Gasteiger partial charge < -0.3 is 10.0 Å². The number of hydrogen-bond donors (Lipinski definition) is 2. The van der Waals surface area contributed by atoms with Crippen LogP contribution in [0.15, 0.2) is 21.7 Å². The number of hydrogen-bond acceptors (Lipinski definition) is 5. The number of amides is 1. The van der Waals surface area contributed by atoms with E-state index < -0.39 is 34.5 Å². The third kappa shape index (κ3) is 5.10. The molecule has 0 aliphatic rings. The number of carbonyl (C=O) groups is 2. The Hall–Kier alpha value is -1.45. The number of sulfonamides is 1. The Morgan fingerprint density at radius 2 is 2.14 bits per heavy atom. The Morgan fingerprint density at radius 3 is 2.62 bits per heavy atom. The minimum absolute atomic E-state index is 0.113. The Labute approximate surface area is 127 Å². The molecule has 0 spiro atoms. The van der Waals surface area contributed by atoms with Gasteiger partial charge in [0.15, 0.2) is 0 Å². The summed E-state index contributed by atoms with van der Waals surface area (Å²) >= 11 is 1.04. The molecule has 1 rings (SSSR count). The second kappa shape index (κ2) is 7.53. The zero-order valence-electron chi connectivity index (χ0n) is 11.8. The fourth-order valence-corrected chi connectivity index (χ4v) is 3.94. The number of rotatable bonds is 8. The van der Waals surface area contributed by atoms with E-state index in [1.807, 2.05) is 6.92 Å². The second-order valence-corrected chi connectivity index (χ2v) is 7.32. The number of carbonyl (C=O) groups excluding carboxylic acids is 1. The largest absolute Gasteiger partial charge is 0.480 e. The number of nitrogens with zero attached hydrogens (tertiary/aromatic N) is 1. The lowest BCUT2D eigenvalue weighted by atomic mass is 10.3. The minimum Gasteiger partial charge on any atom is -0.480 e. The maximum absolute atomic E-state index is 12.2. The minimum atomic E-state index is -3.76. The first kappa shape index (κ1) is 17.6. The van der Waals surface area contributed by atoms with Crippen LogP contribution in [0.2, 0.25) is 0 Å². The van der Waals surface area contributed by atoms with E-state index in [-0.39, 0.29) is 10.8 Å². The maximum Gasteiger partial charge on any atom is 0.323 e. The molecule has 1 amide bonds. The van der Waals surface area contributed by atoms with Gasteiger partial charge in [-0.2, -0.15) is 4.72 Å². The highest BCUT2D eigenvalue weighted by molar-refractivity contribution is 7.91. The molecule has 0 aliphatic heterocycles. The normalized spacial score (nSPS) is 12.9. The smallest absolute Gasteiger partial charge is 0.323 e. The summed E-state index contributed by atoms with van der Waals surface area (Å²) in [6.45, 7) is 3.02. The quantitative estimate of drug-likeness (QED) is 0.730. The van der Waals surface area contributed by atoms with Crippen molar-refractivity contribution in [2.24, 2.45) is 0 Å². The van der Waals surface area contributed by atoms with Gasteiger partial charge in [0.2, 0.25) is 5.91 Å². The van der Waals surface area contributed by atoms with E-state index in [2.05, 4.69) is 4.72 Å². The van der Waals surface area contributed by atoms with Crippen LogP contribution in [0.1, 0.15) is 20.3 Å². The lowest BCUT2D eigenvalue weighted by Gasteiger charge is -2.24. The Kier molecular flexibility index (Phi) is 6.31. The average Bonchev–Trinajstić information content (AvgIpc) is 2.91. The molecule has 1 atom stereocenters. The molecule has 0 fully saturated rings. The molecule has 0 saturated carbocycles. The van der Waals surface area contributed by atoms with Gasteiger partial charge in [-0.15, -0.1) is 11.3 Å². The van der Waals surface area contributed by atoms with Crippen molar-refractivity contribution in [3.8, 4) is 0 Å². The van der Waals surface area contributed by atoms with E-state index in [9.17, 15) is 18.0 Å². The lowest BCUT2D eigenvalue weighted by molar-refractivity contribution is -0.145. The van der Waals surface area contributed by atoms with Gasteiger partial charge >= 0.3 is 5.97 Å². The first-order valence-corrected chi connectivity index (χ1v) is 8.70. The Balaban J connectivity index is 2.79. The van der Waals surface area contributed by atoms with Crippen molar-refractivity contribution >= 4 is 33.2 Å². The van der Waals surface area contributed by atoms with Crippen LogP contribution in [-0.2, 0) is 19.6 Å². The van der Waals surface area contributed by atoms with Crippen molar-refractivity contribution in [3.63, 3.8) is 0 Å². The molecule has 1 aromatic heterocycles. The number of carboxylic acid groups (broad SMARTS) is 1. The van der Waals surface area contributed by atoms with Gasteiger partial charge in [-0.1, -0.05) is 13.0 Å². The van der Waals surface area contributed by atoms with Crippen LogP contribution in [0.3, 0.4) is 0 Å². The second-order valence-electron chi connectivity index (χ2n) is 4.43. The summed E-state index contributed by atoms with van der Waals surface area (Å²) < 4.78 is 26.4. The fourth-order valence-electron chi connectivity index (χ4n) is 1.73. The molecule has 0 radical (unpaired) electrons. The van der Waals surface area contributed by atoms with Crippen molar-refractivity contribution < 1.29 is 23.1 Å². The average molecular weight is 334 g/mol. The SMILES string of the molecule is CCCN(CC(=O)O)C(=O)C(C)NS(=O)(=O)c1cccs1. The van der Waals surface area contributed by atoms with Crippen molar-refractivity contribution in [1.82, 2.24) is 9.62 Å². The lowest BCUT2D eigenvalue weighted by Crippen LogP contribution is -2.48. The molecule has 0 aliphatic carbocycles. The number of carboxylic acids is 1. The van der Waals surface area contributed by atoms with Gasteiger partial charge in [0, 0.05) is 6.54 Å². The van der Waals surface area contributed by atoms with Gasteiger partial charge in [0.25, 0.3) is 10.0 Å². The topological polar surface area (TPSA) is 104 Å². The van der Waals surface area contributed by atoms with E-state index in [0.717, 1.165) is 16.2 Å². The van der Waals surface area contributed by atoms with Gasteiger partial charge in [-0.25, -0.2) is 8.42 Å². The molecule has 0 aromatic carbocycles. The molecule has 2 N–H and O–H groups in total. The third-order valence-electron chi connectivity index (χ3n) is 2.59. The summed E-state index contributed by atoms with van der Waals surface area (Å²) in [6.07, 6.45) is 0.587. The molecular formula is C12H18N2O5S2. The van der Waals surface area contributed by atoms with E-state index in [4.69, 9.17) is 5.11 Å². The highest BCUT2D eigenvalue weighted by atomic mass is 32.2. The summed E-state index contributed by atoms with van der Waals surface area (Å²) in [7, 11) is -3.76. The molecule has 1 heterocycles. The van der Waals surface area contributed by atoms with Crippen molar-refractivity contribution in [2.75, 3.05) is 13.1 Å². The molecule has 7 nitrogen and oxygen atoms in total. The summed E-state index contributed by atoms with van der Waals surface area (Å²) in [4.78, 5) is 24.0. The number of thiophene rings is 1. The standard InChI is InChI=1S/C12H18N2O5S2/c1-3-6-14(8-10(15)16)12(17)9(2)13-21(18,19)11-5-4-7-20-11/h4-5,7,9,13H,3,6,8H2,1-2H3,(H,15,16). The van der Waals surface area contributed by atoms with Crippen LogP contribution in [0.25, 0.3) is 0 Å². The van der Waals surface area contributed by atoms with Gasteiger partial charge in [0.1, 0.15) is 10.8 Å². The van der Waals surface area contributed by atoms with Crippen LogP contribution >= 0.6 is 11.3 Å². The van der Waals surface area contributed by atoms with E-state index >= 15 is 0 Å². The molecule has 21 heavy (non-hydrogen) atoms. The summed E-state index contributed by atoms with van der Waals surface area (Å²) in [5, 5.41) is 10.4. The van der Waals surface area contributed by atoms with Crippen molar-refractivity contribution in [3.05, 3.63) is 17.5 Å². The Morgan fingerprint density at radius 1 is 1.48 bits per heavy atom. The first-order valence-electron chi connectivity index (χ1n) is 6.34. The van der Waals surface area contributed by atoms with E-state index in [0.29, 0.717) is 6.42 Å². The number of nitrogens with one attached hydrogen (secondary N) is 1. The zero-order chi connectivity index (χ0) is 16.0. The third-order valence-corrected chi connectivity index (χ3v) is 5.53. The van der Waals surface area contributed by atoms with Gasteiger partial charge in [-0.3, -0.25) is 9.59 Å². The van der Waals surface area contributed by atoms with Gasteiger partial charge in [0.05, 0.1) is 6.04 Å². The molecular weight excluding hydrogens is 316 g/mol. The van der Waals surface area contributed by atoms with Crippen molar-refractivity contribution in [2.45, 2.75) is 30.5 Å². The van der Waals surface area contributed by atoms with Crippen LogP contribution in [-0.4, -0.2) is 49.4 Å². The van der Waals surface area contributed by atoms with Crippen LogP contribution in [0.4, 0.5) is 0 Å². The van der Waals surface area contributed by atoms with Crippen LogP contribution < -0.4 is 4.72 Å². The maximum atomic E-state index is 12.2. The zero-order valence-corrected chi connectivity index (χ0v) is 13.4. The molecule has 0 saturated heterocycles. The molecule has 0 bridgehead atoms. The predicted molar refractivity (Wildman–Crippen MR) is 78.6 cm³/mol.